The van der Waals surface area contributed by atoms with E-state index in [9.17, 15) is 19.5 Å². The molecule has 30 heavy (non-hydrogen) atoms. The summed E-state index contributed by atoms with van der Waals surface area (Å²) < 4.78 is 5.22. The predicted octanol–water partition coefficient (Wildman–Crippen LogP) is 1.50. The molecule has 2 aromatic rings. The Kier molecular flexibility index (Phi) is 6.31. The highest BCUT2D eigenvalue weighted by Gasteiger charge is 2.32. The normalized spacial score (nSPS) is 13.9. The van der Waals surface area contributed by atoms with E-state index in [1.807, 2.05) is 36.4 Å². The Labute approximate surface area is 172 Å². The fourth-order valence-corrected chi connectivity index (χ4v) is 3.06. The van der Waals surface area contributed by atoms with Crippen LogP contribution in [0.2, 0.25) is 0 Å². The van der Waals surface area contributed by atoms with Crippen LogP contribution in [0.1, 0.15) is 12.0 Å². The largest absolute Gasteiger partial charge is 0.511 e. The summed E-state index contributed by atoms with van der Waals surface area (Å²) in [6.45, 7) is -0.205. The van der Waals surface area contributed by atoms with Gasteiger partial charge >= 0.3 is 5.97 Å². The minimum absolute atomic E-state index is 0.108. The molecule has 0 saturated heterocycles. The number of nitrogens with one attached hydrogen (secondary N) is 1. The SMILES string of the molecule is COc1cccc(-c2ccc(CN3CCC(O)=C(C(=O)NCC(=O)O)C3=O)cn2)c1. The minimum Gasteiger partial charge on any atom is -0.511 e. The number of hydrogen-bond donors (Lipinski definition) is 3. The number of aliphatic hydroxyl groups is 1. The average molecular weight is 411 g/mol. The Balaban J connectivity index is 1.71. The third-order valence-electron chi connectivity index (χ3n) is 4.60. The molecule has 1 aromatic carbocycles. The van der Waals surface area contributed by atoms with Crippen molar-refractivity contribution in [2.75, 3.05) is 20.2 Å². The number of nitrogens with zero attached hydrogens (tertiary/aromatic N) is 2. The zero-order valence-electron chi connectivity index (χ0n) is 16.3. The van der Waals surface area contributed by atoms with Crippen LogP contribution < -0.4 is 10.1 Å². The number of aliphatic hydroxyl groups excluding tert-OH is 1. The quantitative estimate of drug-likeness (QED) is 0.589. The highest BCUT2D eigenvalue weighted by atomic mass is 16.5. The number of pyridine rings is 1. The average Bonchev–Trinajstić information content (AvgIpc) is 2.75. The first-order valence-electron chi connectivity index (χ1n) is 9.19. The molecule has 0 bridgehead atoms. The number of methoxy groups -OCH3 is 1. The summed E-state index contributed by atoms with van der Waals surface area (Å²) in [4.78, 5) is 41.2. The second-order valence-corrected chi connectivity index (χ2v) is 6.66. The van der Waals surface area contributed by atoms with Crippen molar-refractivity contribution in [3.63, 3.8) is 0 Å². The molecule has 0 saturated carbocycles. The summed E-state index contributed by atoms with van der Waals surface area (Å²) in [7, 11) is 1.59. The maximum Gasteiger partial charge on any atom is 0.322 e. The monoisotopic (exact) mass is 411 g/mol. The number of amides is 2. The van der Waals surface area contributed by atoms with Crippen molar-refractivity contribution in [3.8, 4) is 17.0 Å². The van der Waals surface area contributed by atoms with E-state index in [1.165, 1.54) is 4.90 Å². The van der Waals surface area contributed by atoms with E-state index in [1.54, 1.807) is 13.3 Å². The number of carboxylic acid groups (broad SMARTS) is 1. The van der Waals surface area contributed by atoms with Crippen LogP contribution in [0.3, 0.4) is 0 Å². The maximum absolute atomic E-state index is 12.7. The molecule has 0 radical (unpaired) electrons. The van der Waals surface area contributed by atoms with E-state index in [4.69, 9.17) is 9.84 Å². The number of carbonyl (C=O) groups is 3. The Bertz CT molecular complexity index is 1000. The lowest BCUT2D eigenvalue weighted by Crippen LogP contribution is -2.43. The van der Waals surface area contributed by atoms with Crippen LogP contribution in [-0.2, 0) is 20.9 Å². The van der Waals surface area contributed by atoms with Crippen LogP contribution in [0.15, 0.2) is 53.9 Å². The molecule has 0 aliphatic carbocycles. The molecule has 0 fully saturated rings. The van der Waals surface area contributed by atoms with Gasteiger partial charge in [0.05, 0.1) is 12.8 Å². The van der Waals surface area contributed by atoms with E-state index < -0.39 is 29.9 Å². The Hall–Kier alpha value is -3.88. The van der Waals surface area contributed by atoms with Gasteiger partial charge in [-0.25, -0.2) is 0 Å². The molecule has 1 aliphatic heterocycles. The van der Waals surface area contributed by atoms with Crippen molar-refractivity contribution in [2.24, 2.45) is 0 Å². The molecule has 0 atom stereocenters. The van der Waals surface area contributed by atoms with Gasteiger partial charge in [-0.15, -0.1) is 0 Å². The lowest BCUT2D eigenvalue weighted by Gasteiger charge is -2.28. The van der Waals surface area contributed by atoms with Gasteiger partial charge in [-0.2, -0.15) is 0 Å². The standard InChI is InChI=1S/C21H21N3O6/c1-30-15-4-2-3-14(9-15)16-6-5-13(10-22-16)12-24-8-7-17(25)19(21(24)29)20(28)23-11-18(26)27/h2-6,9-10,25H,7-8,11-12H2,1H3,(H,23,28)(H,26,27). The lowest BCUT2D eigenvalue weighted by atomic mass is 10.0. The third kappa shape index (κ3) is 4.75. The van der Waals surface area contributed by atoms with E-state index in [0.717, 1.165) is 22.6 Å². The maximum atomic E-state index is 12.7. The molecule has 9 nitrogen and oxygen atoms in total. The first-order valence-corrected chi connectivity index (χ1v) is 9.19. The molecule has 1 aliphatic rings. The van der Waals surface area contributed by atoms with Crippen LogP contribution in [0.5, 0.6) is 5.75 Å². The van der Waals surface area contributed by atoms with Crippen molar-refractivity contribution in [1.82, 2.24) is 15.2 Å². The zero-order valence-corrected chi connectivity index (χ0v) is 16.3. The van der Waals surface area contributed by atoms with Crippen LogP contribution in [0.4, 0.5) is 0 Å². The molecule has 2 amide bonds. The highest BCUT2D eigenvalue weighted by molar-refractivity contribution is 6.19. The number of aliphatic carboxylic acids is 1. The second-order valence-electron chi connectivity index (χ2n) is 6.66. The fraction of sp³-hybridized carbons (Fsp3) is 0.238. The van der Waals surface area contributed by atoms with Gasteiger partial charge in [-0.3, -0.25) is 19.4 Å². The smallest absolute Gasteiger partial charge is 0.322 e. The molecule has 0 unspecified atom stereocenters. The van der Waals surface area contributed by atoms with Gasteiger partial charge in [0.25, 0.3) is 11.8 Å². The summed E-state index contributed by atoms with van der Waals surface area (Å²) in [6.07, 6.45) is 1.75. The molecule has 1 aromatic heterocycles. The number of ether oxygens (including phenoxy) is 1. The molecule has 0 spiro atoms. The Morgan fingerprint density at radius 1 is 1.27 bits per heavy atom. The molecule has 3 rings (SSSR count). The molecule has 9 heteroatoms. The summed E-state index contributed by atoms with van der Waals surface area (Å²) in [6, 6.07) is 11.1. The van der Waals surface area contributed by atoms with E-state index in [0.29, 0.717) is 0 Å². The summed E-state index contributed by atoms with van der Waals surface area (Å²) in [5.74, 6) is -2.43. The van der Waals surface area contributed by atoms with Crippen LogP contribution in [-0.4, -0.2) is 58.1 Å². The summed E-state index contributed by atoms with van der Waals surface area (Å²) >= 11 is 0. The Morgan fingerprint density at radius 3 is 2.73 bits per heavy atom. The minimum atomic E-state index is -1.24. The molecule has 2 heterocycles. The number of rotatable bonds is 7. The third-order valence-corrected chi connectivity index (χ3v) is 4.60. The predicted molar refractivity (Wildman–Crippen MR) is 107 cm³/mol. The van der Waals surface area contributed by atoms with Crippen molar-refractivity contribution in [3.05, 3.63) is 59.5 Å². The second kappa shape index (κ2) is 9.08. The van der Waals surface area contributed by atoms with E-state index >= 15 is 0 Å². The number of aromatic nitrogens is 1. The van der Waals surface area contributed by atoms with E-state index in [-0.39, 0.29) is 25.3 Å². The fourth-order valence-electron chi connectivity index (χ4n) is 3.06. The molecular formula is C21H21N3O6. The zero-order chi connectivity index (χ0) is 21.7. The van der Waals surface area contributed by atoms with Gasteiger partial charge in [-0.1, -0.05) is 18.2 Å². The van der Waals surface area contributed by atoms with Gasteiger partial charge in [0, 0.05) is 31.3 Å². The van der Waals surface area contributed by atoms with Crippen molar-refractivity contribution in [2.45, 2.75) is 13.0 Å². The molecule has 3 N–H and O–H groups in total. The highest BCUT2D eigenvalue weighted by Crippen LogP contribution is 2.23. The van der Waals surface area contributed by atoms with Crippen molar-refractivity contribution in [1.29, 1.82) is 0 Å². The van der Waals surface area contributed by atoms with Gasteiger partial charge < -0.3 is 25.2 Å². The summed E-state index contributed by atoms with van der Waals surface area (Å²) in [5, 5.41) is 20.7. The van der Waals surface area contributed by atoms with E-state index in [2.05, 4.69) is 10.3 Å². The lowest BCUT2D eigenvalue weighted by molar-refractivity contribution is -0.138. The molecular weight excluding hydrogens is 390 g/mol. The van der Waals surface area contributed by atoms with Crippen molar-refractivity contribution < 1.29 is 29.3 Å². The van der Waals surface area contributed by atoms with Gasteiger partial charge in [-0.05, 0) is 23.8 Å². The topological polar surface area (TPSA) is 129 Å². The number of hydrogen-bond acceptors (Lipinski definition) is 6. The first kappa shape index (κ1) is 20.8. The number of carboxylic acids is 1. The van der Waals surface area contributed by atoms with Crippen LogP contribution in [0.25, 0.3) is 11.3 Å². The van der Waals surface area contributed by atoms with Crippen LogP contribution in [0, 0.1) is 0 Å². The first-order chi connectivity index (χ1) is 14.4. The van der Waals surface area contributed by atoms with Gasteiger partial charge in [0.15, 0.2) is 0 Å². The Morgan fingerprint density at radius 2 is 2.07 bits per heavy atom. The number of carbonyl (C=O) groups excluding carboxylic acids is 2. The van der Waals surface area contributed by atoms with Gasteiger partial charge in [0.2, 0.25) is 0 Å². The van der Waals surface area contributed by atoms with Gasteiger partial charge in [0.1, 0.15) is 23.6 Å². The van der Waals surface area contributed by atoms with Crippen LogP contribution >= 0.6 is 0 Å². The molecule has 156 valence electrons. The van der Waals surface area contributed by atoms with Crippen molar-refractivity contribution >= 4 is 17.8 Å². The number of benzene rings is 1. The summed E-state index contributed by atoms with van der Waals surface area (Å²) in [5.41, 5.74) is 1.96.